The average Bonchev–Trinajstić information content (AvgIpc) is 2.49. The summed E-state index contributed by atoms with van der Waals surface area (Å²) in [7, 11) is -2.28. The van der Waals surface area contributed by atoms with E-state index in [1.807, 2.05) is 0 Å². The maximum absolute atomic E-state index is 11.3. The van der Waals surface area contributed by atoms with E-state index in [2.05, 4.69) is 9.44 Å². The molecule has 0 aliphatic heterocycles. The van der Waals surface area contributed by atoms with E-state index in [0.29, 0.717) is 12.8 Å². The van der Waals surface area contributed by atoms with Crippen molar-refractivity contribution in [3.8, 4) is 0 Å². The van der Waals surface area contributed by atoms with Gasteiger partial charge in [0.1, 0.15) is 0 Å². The molecule has 0 radical (unpaired) electrons. The Morgan fingerprint density at radius 3 is 2.60 bits per heavy atom. The number of carboxylic acids is 1. The van der Waals surface area contributed by atoms with Crippen molar-refractivity contribution in [2.45, 2.75) is 32.2 Å². The minimum Gasteiger partial charge on any atom is -0.481 e. The summed E-state index contributed by atoms with van der Waals surface area (Å²) in [6, 6.07) is -0.535. The van der Waals surface area contributed by atoms with E-state index in [1.54, 1.807) is 6.92 Å². The number of carboxylic acid groups (broad SMARTS) is 1. The van der Waals surface area contributed by atoms with Crippen molar-refractivity contribution in [1.82, 2.24) is 9.44 Å². The van der Waals surface area contributed by atoms with Crippen molar-refractivity contribution >= 4 is 16.2 Å². The predicted octanol–water partition coefficient (Wildman–Crippen LogP) is -0.316. The minimum atomic E-state index is -3.57. The van der Waals surface area contributed by atoms with E-state index >= 15 is 0 Å². The Morgan fingerprint density at radius 2 is 2.13 bits per heavy atom. The molecule has 1 aliphatic carbocycles. The monoisotopic (exact) mass is 236 g/mol. The summed E-state index contributed by atoms with van der Waals surface area (Å²) in [5, 5.41) is 9.06. The molecule has 0 aromatic heterocycles. The first-order valence-corrected chi connectivity index (χ1v) is 6.24. The standard InChI is InChI=1S/C8H16N2O4S/c1-8(7(11)12)5-3-4-6(8)10-15(13,14)9-2/h6,9-10H,3-5H2,1-2H3,(H,11,12). The third kappa shape index (κ3) is 2.47. The van der Waals surface area contributed by atoms with E-state index in [1.165, 1.54) is 7.05 Å². The van der Waals surface area contributed by atoms with Crippen LogP contribution in [0.15, 0.2) is 0 Å². The van der Waals surface area contributed by atoms with E-state index in [-0.39, 0.29) is 0 Å². The third-order valence-corrected chi connectivity index (χ3v) is 4.14. The van der Waals surface area contributed by atoms with Crippen molar-refractivity contribution in [2.75, 3.05) is 7.05 Å². The molecule has 6 nitrogen and oxygen atoms in total. The van der Waals surface area contributed by atoms with Gasteiger partial charge in [-0.25, -0.2) is 4.72 Å². The SMILES string of the molecule is CNS(=O)(=O)NC1CCCC1(C)C(=O)O. The Kier molecular flexibility index (Phi) is 3.37. The van der Waals surface area contributed by atoms with Gasteiger partial charge in [0.2, 0.25) is 0 Å². The highest BCUT2D eigenvalue weighted by atomic mass is 32.2. The van der Waals surface area contributed by atoms with Gasteiger partial charge in [-0.2, -0.15) is 13.1 Å². The summed E-state index contributed by atoms with van der Waals surface area (Å²) in [5.41, 5.74) is -0.996. The van der Waals surface area contributed by atoms with Crippen LogP contribution in [0.2, 0.25) is 0 Å². The zero-order valence-corrected chi connectivity index (χ0v) is 9.60. The summed E-state index contributed by atoms with van der Waals surface area (Å²) in [5.74, 6) is -0.955. The molecule has 1 saturated carbocycles. The molecular formula is C8H16N2O4S. The van der Waals surface area contributed by atoms with Crippen LogP contribution in [0.3, 0.4) is 0 Å². The van der Waals surface area contributed by atoms with Gasteiger partial charge in [0, 0.05) is 13.1 Å². The number of hydrogen-bond acceptors (Lipinski definition) is 3. The lowest BCUT2D eigenvalue weighted by Gasteiger charge is -2.27. The first-order chi connectivity index (χ1) is 6.82. The largest absolute Gasteiger partial charge is 0.481 e. The molecule has 1 rings (SSSR count). The lowest BCUT2D eigenvalue weighted by Crippen LogP contribution is -2.49. The van der Waals surface area contributed by atoms with Crippen molar-refractivity contribution in [3.63, 3.8) is 0 Å². The highest BCUT2D eigenvalue weighted by Gasteiger charge is 2.46. The molecule has 3 N–H and O–H groups in total. The van der Waals surface area contributed by atoms with E-state index in [9.17, 15) is 13.2 Å². The summed E-state index contributed by atoms with van der Waals surface area (Å²) >= 11 is 0. The summed E-state index contributed by atoms with van der Waals surface area (Å²) < 4.78 is 27.0. The van der Waals surface area contributed by atoms with Gasteiger partial charge in [0.15, 0.2) is 0 Å². The molecule has 1 aliphatic rings. The van der Waals surface area contributed by atoms with E-state index in [0.717, 1.165) is 6.42 Å². The summed E-state index contributed by atoms with van der Waals surface area (Å²) in [6.45, 7) is 1.57. The van der Waals surface area contributed by atoms with Gasteiger partial charge in [-0.1, -0.05) is 6.42 Å². The number of nitrogens with one attached hydrogen (secondary N) is 2. The van der Waals surface area contributed by atoms with Crippen LogP contribution in [-0.2, 0) is 15.0 Å². The minimum absolute atomic E-state index is 0.499. The molecule has 0 aromatic rings. The molecule has 2 atom stereocenters. The van der Waals surface area contributed by atoms with Crippen molar-refractivity contribution in [2.24, 2.45) is 5.41 Å². The van der Waals surface area contributed by atoms with Gasteiger partial charge >= 0.3 is 5.97 Å². The molecule has 88 valence electrons. The second-order valence-electron chi connectivity index (χ2n) is 3.99. The molecule has 15 heavy (non-hydrogen) atoms. The van der Waals surface area contributed by atoms with E-state index in [4.69, 9.17) is 5.11 Å². The Labute approximate surface area is 89.2 Å². The van der Waals surface area contributed by atoms with Gasteiger partial charge < -0.3 is 5.11 Å². The van der Waals surface area contributed by atoms with Crippen LogP contribution in [0.25, 0.3) is 0 Å². The Hall–Kier alpha value is -0.660. The van der Waals surface area contributed by atoms with Gasteiger partial charge in [0.25, 0.3) is 10.2 Å². The highest BCUT2D eigenvalue weighted by molar-refractivity contribution is 7.87. The Morgan fingerprint density at radius 1 is 1.53 bits per heavy atom. The molecule has 0 amide bonds. The van der Waals surface area contributed by atoms with Gasteiger partial charge in [-0.15, -0.1) is 0 Å². The number of aliphatic carboxylic acids is 1. The Bertz CT molecular complexity index is 354. The molecule has 1 fully saturated rings. The molecule has 0 saturated heterocycles. The lowest BCUT2D eigenvalue weighted by molar-refractivity contribution is -0.148. The van der Waals surface area contributed by atoms with Crippen molar-refractivity contribution in [3.05, 3.63) is 0 Å². The van der Waals surface area contributed by atoms with Crippen LogP contribution < -0.4 is 9.44 Å². The number of rotatable bonds is 4. The molecule has 7 heteroatoms. The first-order valence-electron chi connectivity index (χ1n) is 4.76. The van der Waals surface area contributed by atoms with Gasteiger partial charge in [0.05, 0.1) is 5.41 Å². The number of hydrogen-bond donors (Lipinski definition) is 3. The normalized spacial score (nSPS) is 31.7. The molecule has 0 aromatic carbocycles. The zero-order chi connectivity index (χ0) is 11.7. The van der Waals surface area contributed by atoms with Crippen LogP contribution in [0.4, 0.5) is 0 Å². The van der Waals surface area contributed by atoms with Crippen LogP contribution >= 0.6 is 0 Å². The molecular weight excluding hydrogens is 220 g/mol. The van der Waals surface area contributed by atoms with Crippen molar-refractivity contribution < 1.29 is 18.3 Å². The molecule has 0 bridgehead atoms. The third-order valence-electron chi connectivity index (χ3n) is 3.01. The topological polar surface area (TPSA) is 95.5 Å². The second-order valence-corrected chi connectivity index (χ2v) is 5.64. The summed E-state index contributed by atoms with van der Waals surface area (Å²) in [6.07, 6.45) is 1.78. The zero-order valence-electron chi connectivity index (χ0n) is 8.78. The van der Waals surface area contributed by atoms with Crippen LogP contribution in [-0.4, -0.2) is 32.6 Å². The smallest absolute Gasteiger partial charge is 0.310 e. The molecule has 0 heterocycles. The van der Waals surface area contributed by atoms with Gasteiger partial charge in [-0.05, 0) is 19.8 Å². The molecule has 2 unspecified atom stereocenters. The average molecular weight is 236 g/mol. The maximum Gasteiger partial charge on any atom is 0.310 e. The van der Waals surface area contributed by atoms with Gasteiger partial charge in [-0.3, -0.25) is 4.79 Å². The Balaban J connectivity index is 2.83. The van der Waals surface area contributed by atoms with Crippen LogP contribution in [0.5, 0.6) is 0 Å². The maximum atomic E-state index is 11.3. The first kappa shape index (κ1) is 12.4. The van der Waals surface area contributed by atoms with E-state index < -0.39 is 27.6 Å². The second kappa shape index (κ2) is 4.07. The van der Waals surface area contributed by atoms with Crippen LogP contribution in [0.1, 0.15) is 26.2 Å². The fraction of sp³-hybridized carbons (Fsp3) is 0.875. The predicted molar refractivity (Wildman–Crippen MR) is 54.5 cm³/mol. The lowest BCUT2D eigenvalue weighted by atomic mass is 9.85. The highest BCUT2D eigenvalue weighted by Crippen LogP contribution is 2.38. The fourth-order valence-corrected chi connectivity index (χ4v) is 2.73. The quantitative estimate of drug-likeness (QED) is 0.623. The molecule has 0 spiro atoms. The van der Waals surface area contributed by atoms with Crippen molar-refractivity contribution in [1.29, 1.82) is 0 Å². The fourth-order valence-electron chi connectivity index (χ4n) is 1.86. The summed E-state index contributed by atoms with van der Waals surface area (Å²) in [4.78, 5) is 11.1. The van der Waals surface area contributed by atoms with Crippen LogP contribution in [0, 0.1) is 5.41 Å². The number of carbonyl (C=O) groups is 1.